The number of nitrogens with two attached hydrogens (primary N) is 1. The third-order valence-corrected chi connectivity index (χ3v) is 5.28. The van der Waals surface area contributed by atoms with Crippen LogP contribution in [-0.4, -0.2) is 32.9 Å². The molecule has 0 aromatic heterocycles. The summed E-state index contributed by atoms with van der Waals surface area (Å²) in [6, 6.07) is 19.1. The highest BCUT2D eigenvalue weighted by Crippen LogP contribution is 2.32. The van der Waals surface area contributed by atoms with Gasteiger partial charge in [-0.1, -0.05) is 18.2 Å². The van der Waals surface area contributed by atoms with Crippen LogP contribution in [0.3, 0.4) is 0 Å². The number of methoxy groups -OCH3 is 3. The summed E-state index contributed by atoms with van der Waals surface area (Å²) in [6.07, 6.45) is 2.01. The molecule has 0 spiro atoms. The molecule has 0 unspecified atom stereocenters. The molecule has 0 saturated heterocycles. The molecule has 0 radical (unpaired) electrons. The van der Waals surface area contributed by atoms with Gasteiger partial charge in [0.1, 0.15) is 23.0 Å². The van der Waals surface area contributed by atoms with Crippen LogP contribution in [0.2, 0.25) is 0 Å². The maximum atomic E-state index is 5.94. The number of nitrogens with zero attached hydrogens (tertiary/aromatic N) is 2. The zero-order chi connectivity index (χ0) is 22.7. The van der Waals surface area contributed by atoms with Gasteiger partial charge in [0.05, 0.1) is 32.6 Å². The van der Waals surface area contributed by atoms with Crippen molar-refractivity contribution in [1.29, 1.82) is 0 Å². The number of hydrogen-bond acceptors (Lipinski definition) is 6. The average Bonchev–Trinajstić information content (AvgIpc) is 3.23. The van der Waals surface area contributed by atoms with Gasteiger partial charge in [-0.25, -0.2) is 9.98 Å². The predicted molar refractivity (Wildman–Crippen MR) is 129 cm³/mol. The van der Waals surface area contributed by atoms with E-state index in [2.05, 4.69) is 0 Å². The molecule has 162 valence electrons. The summed E-state index contributed by atoms with van der Waals surface area (Å²) in [5, 5.41) is 0. The highest BCUT2D eigenvalue weighted by atomic mass is 16.5. The summed E-state index contributed by atoms with van der Waals surface area (Å²) < 4.78 is 16.6. The quantitative estimate of drug-likeness (QED) is 0.568. The zero-order valence-corrected chi connectivity index (χ0v) is 18.5. The molecule has 0 atom stereocenters. The molecule has 1 aliphatic heterocycles. The standard InChI is InChI=1S/C26H25N3O3/c1-16-13-18(27)10-9-17(16)14-22-25(21-15-19(30-2)11-12-24(21)32-4)29-26(28-22)20-7-5-6-8-23(20)31-3/h5-15H,27H2,1-4H3/b22-14-. The average molecular weight is 428 g/mol. The number of rotatable bonds is 6. The highest BCUT2D eigenvalue weighted by molar-refractivity contribution is 6.27. The van der Waals surface area contributed by atoms with E-state index in [-0.39, 0.29) is 0 Å². The fraction of sp³-hybridized carbons (Fsp3) is 0.154. The smallest absolute Gasteiger partial charge is 0.164 e. The molecule has 6 nitrogen and oxygen atoms in total. The Kier molecular flexibility index (Phi) is 5.94. The van der Waals surface area contributed by atoms with Gasteiger partial charge in [0.2, 0.25) is 0 Å². The van der Waals surface area contributed by atoms with Crippen LogP contribution in [0.25, 0.3) is 6.08 Å². The van der Waals surface area contributed by atoms with E-state index in [1.807, 2.05) is 73.7 Å². The summed E-state index contributed by atoms with van der Waals surface area (Å²) in [5.41, 5.74) is 11.7. The van der Waals surface area contributed by atoms with E-state index in [1.165, 1.54) is 0 Å². The van der Waals surface area contributed by atoms with Gasteiger partial charge >= 0.3 is 0 Å². The molecule has 6 heteroatoms. The first-order chi connectivity index (χ1) is 15.5. The molecule has 0 bridgehead atoms. The minimum absolute atomic E-state index is 0.571. The number of aliphatic imine (C=N–C) groups is 2. The molecule has 0 amide bonds. The lowest BCUT2D eigenvalue weighted by atomic mass is 10.0. The third kappa shape index (κ3) is 4.07. The lowest BCUT2D eigenvalue weighted by Crippen LogP contribution is -2.05. The van der Waals surface area contributed by atoms with Crippen LogP contribution in [0.4, 0.5) is 5.69 Å². The molecule has 32 heavy (non-hydrogen) atoms. The number of ether oxygens (including phenoxy) is 3. The lowest BCUT2D eigenvalue weighted by Gasteiger charge is -2.11. The van der Waals surface area contributed by atoms with E-state index in [0.29, 0.717) is 34.5 Å². The van der Waals surface area contributed by atoms with Gasteiger partial charge < -0.3 is 19.9 Å². The minimum Gasteiger partial charge on any atom is -0.497 e. The number of aryl methyl sites for hydroxylation is 1. The van der Waals surface area contributed by atoms with Crippen molar-refractivity contribution in [1.82, 2.24) is 0 Å². The summed E-state index contributed by atoms with van der Waals surface area (Å²) in [5.74, 6) is 2.66. The van der Waals surface area contributed by atoms with Crippen molar-refractivity contribution in [2.45, 2.75) is 6.92 Å². The normalized spacial score (nSPS) is 14.2. The largest absolute Gasteiger partial charge is 0.497 e. The number of hydrogen-bond donors (Lipinski definition) is 1. The molecule has 0 fully saturated rings. The van der Waals surface area contributed by atoms with Crippen molar-refractivity contribution in [2.24, 2.45) is 9.98 Å². The molecule has 0 aliphatic carbocycles. The van der Waals surface area contributed by atoms with Crippen LogP contribution in [0, 0.1) is 6.92 Å². The number of nitrogen functional groups attached to an aromatic ring is 1. The number of benzene rings is 3. The fourth-order valence-electron chi connectivity index (χ4n) is 3.61. The second-order valence-electron chi connectivity index (χ2n) is 7.31. The SMILES string of the molecule is COc1ccc(OC)c(C2=NC(c3ccccc3OC)=N/C2=C\c2ccc(N)cc2C)c1. The van der Waals surface area contributed by atoms with E-state index in [0.717, 1.165) is 27.9 Å². The molecule has 0 saturated carbocycles. The van der Waals surface area contributed by atoms with E-state index in [9.17, 15) is 0 Å². The first-order valence-electron chi connectivity index (χ1n) is 10.2. The first kappa shape index (κ1) is 21.2. The maximum absolute atomic E-state index is 5.94. The Morgan fingerprint density at radius 1 is 0.781 bits per heavy atom. The van der Waals surface area contributed by atoms with Gasteiger partial charge in [0.25, 0.3) is 0 Å². The van der Waals surface area contributed by atoms with Crippen LogP contribution < -0.4 is 19.9 Å². The first-order valence-corrected chi connectivity index (χ1v) is 10.2. The van der Waals surface area contributed by atoms with Gasteiger partial charge in [-0.05, 0) is 66.6 Å². The minimum atomic E-state index is 0.571. The fourth-order valence-corrected chi connectivity index (χ4v) is 3.61. The summed E-state index contributed by atoms with van der Waals surface area (Å²) in [6.45, 7) is 2.02. The third-order valence-electron chi connectivity index (χ3n) is 5.28. The number of anilines is 1. The molecule has 3 aromatic carbocycles. The van der Waals surface area contributed by atoms with E-state index in [4.69, 9.17) is 29.9 Å². The topological polar surface area (TPSA) is 78.4 Å². The van der Waals surface area contributed by atoms with Crippen LogP contribution in [0.15, 0.2) is 76.3 Å². The van der Waals surface area contributed by atoms with Crippen molar-refractivity contribution in [3.8, 4) is 17.2 Å². The van der Waals surface area contributed by atoms with Gasteiger partial charge in [-0.2, -0.15) is 0 Å². The Labute approximate surface area is 187 Å². The molecular formula is C26H25N3O3. The van der Waals surface area contributed by atoms with Crippen LogP contribution in [0.1, 0.15) is 22.3 Å². The van der Waals surface area contributed by atoms with Crippen LogP contribution >= 0.6 is 0 Å². The lowest BCUT2D eigenvalue weighted by molar-refractivity contribution is 0.402. The number of amidine groups is 1. The van der Waals surface area contributed by atoms with Crippen molar-refractivity contribution >= 4 is 23.3 Å². The zero-order valence-electron chi connectivity index (χ0n) is 18.5. The Morgan fingerprint density at radius 3 is 2.25 bits per heavy atom. The second-order valence-corrected chi connectivity index (χ2v) is 7.31. The van der Waals surface area contributed by atoms with Crippen LogP contribution in [0.5, 0.6) is 17.2 Å². The van der Waals surface area contributed by atoms with E-state index < -0.39 is 0 Å². The molecular weight excluding hydrogens is 402 g/mol. The number of allylic oxidation sites excluding steroid dienone is 1. The Hall–Kier alpha value is -4.06. The molecule has 4 rings (SSSR count). The van der Waals surface area contributed by atoms with Crippen molar-refractivity contribution < 1.29 is 14.2 Å². The van der Waals surface area contributed by atoms with E-state index >= 15 is 0 Å². The summed E-state index contributed by atoms with van der Waals surface area (Å²) in [7, 11) is 4.90. The Morgan fingerprint density at radius 2 is 1.53 bits per heavy atom. The van der Waals surface area contributed by atoms with Crippen molar-refractivity contribution in [3.63, 3.8) is 0 Å². The predicted octanol–water partition coefficient (Wildman–Crippen LogP) is 4.89. The molecule has 1 heterocycles. The van der Waals surface area contributed by atoms with Gasteiger partial charge in [0.15, 0.2) is 5.84 Å². The monoisotopic (exact) mass is 427 g/mol. The van der Waals surface area contributed by atoms with E-state index in [1.54, 1.807) is 21.3 Å². The summed E-state index contributed by atoms with van der Waals surface area (Å²) >= 11 is 0. The van der Waals surface area contributed by atoms with Crippen molar-refractivity contribution in [3.05, 3.63) is 88.6 Å². The second kappa shape index (κ2) is 8.98. The Bertz CT molecular complexity index is 1260. The molecule has 1 aliphatic rings. The summed E-state index contributed by atoms with van der Waals surface area (Å²) in [4.78, 5) is 9.78. The molecule has 2 N–H and O–H groups in total. The van der Waals surface area contributed by atoms with Gasteiger partial charge in [-0.15, -0.1) is 0 Å². The van der Waals surface area contributed by atoms with Crippen LogP contribution in [-0.2, 0) is 0 Å². The van der Waals surface area contributed by atoms with Gasteiger partial charge in [-0.3, -0.25) is 0 Å². The number of para-hydroxylation sites is 1. The van der Waals surface area contributed by atoms with Crippen molar-refractivity contribution in [2.75, 3.05) is 27.1 Å². The Balaban J connectivity index is 1.92. The van der Waals surface area contributed by atoms with Gasteiger partial charge in [0, 0.05) is 11.3 Å². The highest BCUT2D eigenvalue weighted by Gasteiger charge is 2.24. The maximum Gasteiger partial charge on any atom is 0.164 e. The molecule has 3 aromatic rings.